The van der Waals surface area contributed by atoms with Crippen LogP contribution in [-0.4, -0.2) is 43.8 Å². The van der Waals surface area contributed by atoms with E-state index in [9.17, 15) is 8.42 Å². The number of sulfonamides is 1. The lowest BCUT2D eigenvalue weighted by Gasteiger charge is -2.24. The normalized spacial score (nSPS) is 23.2. The molecule has 0 radical (unpaired) electrons. The SMILES string of the molecule is CCN(CC1CCCO1)S(=O)(=O)C(C)C#N. The Bertz CT molecular complexity index is 355. The molecule has 0 saturated carbocycles. The summed E-state index contributed by atoms with van der Waals surface area (Å²) in [5.41, 5.74) is 0. The zero-order valence-corrected chi connectivity index (χ0v) is 10.5. The van der Waals surface area contributed by atoms with Gasteiger partial charge in [-0.15, -0.1) is 0 Å². The number of ether oxygens (including phenoxy) is 1. The first-order chi connectivity index (χ1) is 7.52. The van der Waals surface area contributed by atoms with Crippen molar-refractivity contribution in [2.75, 3.05) is 19.7 Å². The van der Waals surface area contributed by atoms with Crippen LogP contribution in [0.25, 0.3) is 0 Å². The smallest absolute Gasteiger partial charge is 0.230 e. The molecule has 0 spiro atoms. The lowest BCUT2D eigenvalue weighted by atomic mass is 10.2. The Kier molecular flexibility index (Phi) is 4.71. The summed E-state index contributed by atoms with van der Waals surface area (Å²) in [5.74, 6) is 0. The molecule has 0 amide bonds. The number of hydrogen-bond donors (Lipinski definition) is 0. The number of likely N-dealkylation sites (N-methyl/N-ethyl adjacent to an activating group) is 1. The first-order valence-electron chi connectivity index (χ1n) is 5.52. The molecule has 2 atom stereocenters. The van der Waals surface area contributed by atoms with Gasteiger partial charge in [0.25, 0.3) is 0 Å². The Morgan fingerprint density at radius 2 is 2.31 bits per heavy atom. The molecule has 1 aliphatic heterocycles. The zero-order chi connectivity index (χ0) is 12.2. The summed E-state index contributed by atoms with van der Waals surface area (Å²) >= 11 is 0. The Morgan fingerprint density at radius 3 is 2.75 bits per heavy atom. The number of nitrogens with zero attached hydrogens (tertiary/aromatic N) is 2. The van der Waals surface area contributed by atoms with Gasteiger partial charge in [0.2, 0.25) is 10.0 Å². The third-order valence-corrected chi connectivity index (χ3v) is 4.90. The van der Waals surface area contributed by atoms with E-state index in [1.807, 2.05) is 0 Å². The summed E-state index contributed by atoms with van der Waals surface area (Å²) in [4.78, 5) is 0. The molecule has 0 aromatic rings. The third kappa shape index (κ3) is 2.94. The van der Waals surface area contributed by atoms with E-state index >= 15 is 0 Å². The van der Waals surface area contributed by atoms with Gasteiger partial charge in [0.05, 0.1) is 12.2 Å². The predicted octanol–water partition coefficient (Wildman–Crippen LogP) is 0.729. The molecule has 2 unspecified atom stereocenters. The van der Waals surface area contributed by atoms with Crippen LogP contribution in [0.2, 0.25) is 0 Å². The highest BCUT2D eigenvalue weighted by Crippen LogP contribution is 2.16. The van der Waals surface area contributed by atoms with Gasteiger partial charge in [-0.05, 0) is 19.8 Å². The van der Waals surface area contributed by atoms with Crippen molar-refractivity contribution in [3.8, 4) is 6.07 Å². The van der Waals surface area contributed by atoms with E-state index in [-0.39, 0.29) is 6.10 Å². The van der Waals surface area contributed by atoms with Crippen LogP contribution in [-0.2, 0) is 14.8 Å². The molecule has 1 heterocycles. The van der Waals surface area contributed by atoms with Gasteiger partial charge in [0.15, 0.2) is 5.25 Å². The molecule has 0 aromatic heterocycles. The minimum Gasteiger partial charge on any atom is -0.377 e. The Labute approximate surface area is 97.0 Å². The quantitative estimate of drug-likeness (QED) is 0.717. The van der Waals surface area contributed by atoms with E-state index < -0.39 is 15.3 Å². The van der Waals surface area contributed by atoms with E-state index in [4.69, 9.17) is 10.00 Å². The van der Waals surface area contributed by atoms with Crippen molar-refractivity contribution in [2.45, 2.75) is 38.0 Å². The van der Waals surface area contributed by atoms with E-state index in [1.54, 1.807) is 13.0 Å². The molecule has 92 valence electrons. The molecular formula is C10H18N2O3S. The molecule has 1 rings (SSSR count). The molecule has 0 bridgehead atoms. The van der Waals surface area contributed by atoms with Gasteiger partial charge in [0, 0.05) is 19.7 Å². The van der Waals surface area contributed by atoms with Gasteiger partial charge in [-0.3, -0.25) is 0 Å². The fourth-order valence-corrected chi connectivity index (χ4v) is 3.03. The fraction of sp³-hybridized carbons (Fsp3) is 0.900. The average molecular weight is 246 g/mol. The maximum Gasteiger partial charge on any atom is 0.230 e. The van der Waals surface area contributed by atoms with Crippen molar-refractivity contribution in [2.24, 2.45) is 0 Å². The second-order valence-electron chi connectivity index (χ2n) is 3.90. The van der Waals surface area contributed by atoms with Gasteiger partial charge in [-0.2, -0.15) is 9.57 Å². The first kappa shape index (κ1) is 13.4. The molecular weight excluding hydrogens is 228 g/mol. The molecule has 6 heteroatoms. The number of hydrogen-bond acceptors (Lipinski definition) is 4. The number of rotatable bonds is 5. The molecule has 1 aliphatic rings. The third-order valence-electron chi connectivity index (χ3n) is 2.77. The van der Waals surface area contributed by atoms with Crippen LogP contribution in [0.1, 0.15) is 26.7 Å². The van der Waals surface area contributed by atoms with Gasteiger partial charge < -0.3 is 4.74 Å². The van der Waals surface area contributed by atoms with Crippen LogP contribution in [0.15, 0.2) is 0 Å². The number of nitriles is 1. The second-order valence-corrected chi connectivity index (χ2v) is 6.16. The van der Waals surface area contributed by atoms with E-state index in [1.165, 1.54) is 11.2 Å². The summed E-state index contributed by atoms with van der Waals surface area (Å²) in [6.07, 6.45) is 1.86. The molecule has 0 aliphatic carbocycles. The topological polar surface area (TPSA) is 70.4 Å². The lowest BCUT2D eigenvalue weighted by molar-refractivity contribution is 0.0946. The van der Waals surface area contributed by atoms with Crippen molar-refractivity contribution >= 4 is 10.0 Å². The largest absolute Gasteiger partial charge is 0.377 e. The van der Waals surface area contributed by atoms with Crippen molar-refractivity contribution < 1.29 is 13.2 Å². The first-order valence-corrected chi connectivity index (χ1v) is 7.02. The maximum absolute atomic E-state index is 11.9. The highest BCUT2D eigenvalue weighted by molar-refractivity contribution is 7.89. The van der Waals surface area contributed by atoms with E-state index in [0.29, 0.717) is 19.7 Å². The minimum absolute atomic E-state index is 0.0133. The standard InChI is InChI=1S/C10H18N2O3S/c1-3-12(8-10-5-4-6-15-10)16(13,14)9(2)7-11/h9-10H,3-6,8H2,1-2H3. The van der Waals surface area contributed by atoms with Crippen LogP contribution < -0.4 is 0 Å². The minimum atomic E-state index is -3.50. The van der Waals surface area contributed by atoms with E-state index in [2.05, 4.69) is 0 Å². The van der Waals surface area contributed by atoms with Crippen LogP contribution in [0.5, 0.6) is 0 Å². The van der Waals surface area contributed by atoms with Gasteiger partial charge in [0.1, 0.15) is 0 Å². The molecule has 1 fully saturated rings. The second kappa shape index (κ2) is 5.62. The van der Waals surface area contributed by atoms with Gasteiger partial charge >= 0.3 is 0 Å². The molecule has 5 nitrogen and oxygen atoms in total. The van der Waals surface area contributed by atoms with Crippen LogP contribution in [0.3, 0.4) is 0 Å². The molecule has 1 saturated heterocycles. The highest BCUT2D eigenvalue weighted by Gasteiger charge is 2.30. The maximum atomic E-state index is 11.9. The van der Waals surface area contributed by atoms with Crippen LogP contribution in [0, 0.1) is 11.3 Å². The van der Waals surface area contributed by atoms with Crippen molar-refractivity contribution in [3.05, 3.63) is 0 Å². The van der Waals surface area contributed by atoms with Crippen molar-refractivity contribution in [1.29, 1.82) is 5.26 Å². The summed E-state index contributed by atoms with van der Waals surface area (Å²) in [6, 6.07) is 1.77. The monoisotopic (exact) mass is 246 g/mol. The summed E-state index contributed by atoms with van der Waals surface area (Å²) in [6.45, 7) is 4.64. The van der Waals surface area contributed by atoms with Gasteiger partial charge in [-0.1, -0.05) is 6.92 Å². The van der Waals surface area contributed by atoms with Crippen molar-refractivity contribution in [3.63, 3.8) is 0 Å². The zero-order valence-electron chi connectivity index (χ0n) is 9.72. The summed E-state index contributed by atoms with van der Waals surface area (Å²) in [7, 11) is -3.50. The summed E-state index contributed by atoms with van der Waals surface area (Å²) in [5, 5.41) is 7.70. The van der Waals surface area contributed by atoms with Crippen LogP contribution in [0.4, 0.5) is 0 Å². The molecule has 16 heavy (non-hydrogen) atoms. The van der Waals surface area contributed by atoms with E-state index in [0.717, 1.165) is 12.8 Å². The highest BCUT2D eigenvalue weighted by atomic mass is 32.2. The Hall–Kier alpha value is -0.640. The molecule has 0 N–H and O–H groups in total. The Balaban J connectivity index is 2.70. The molecule has 0 aromatic carbocycles. The fourth-order valence-electron chi connectivity index (χ4n) is 1.72. The lowest BCUT2D eigenvalue weighted by Crippen LogP contribution is -2.41. The van der Waals surface area contributed by atoms with Gasteiger partial charge in [-0.25, -0.2) is 8.42 Å². The predicted molar refractivity (Wildman–Crippen MR) is 60.2 cm³/mol. The summed E-state index contributed by atoms with van der Waals surface area (Å²) < 4.78 is 30.6. The van der Waals surface area contributed by atoms with Crippen molar-refractivity contribution in [1.82, 2.24) is 4.31 Å². The average Bonchev–Trinajstić information content (AvgIpc) is 2.76. The Morgan fingerprint density at radius 1 is 1.62 bits per heavy atom. The van der Waals surface area contributed by atoms with Crippen LogP contribution >= 0.6 is 0 Å².